The first kappa shape index (κ1) is 15.0. The van der Waals surface area contributed by atoms with Crippen LogP contribution >= 0.6 is 0 Å². The van der Waals surface area contributed by atoms with Crippen LogP contribution in [-0.4, -0.2) is 24.0 Å². The van der Waals surface area contributed by atoms with Gasteiger partial charge in [-0.05, 0) is 51.1 Å². The summed E-state index contributed by atoms with van der Waals surface area (Å²) in [5.41, 5.74) is 1.79. The topological polar surface area (TPSA) is 48.4 Å². The molecule has 4 heteroatoms. The molecule has 0 aliphatic heterocycles. The van der Waals surface area contributed by atoms with Gasteiger partial charge in [-0.3, -0.25) is 4.79 Å². The third-order valence-corrected chi connectivity index (χ3v) is 2.93. The van der Waals surface area contributed by atoms with Crippen molar-refractivity contribution in [3.8, 4) is 11.5 Å². The normalized spacial score (nSPS) is 10.2. The van der Waals surface area contributed by atoms with Gasteiger partial charge in [0.1, 0.15) is 5.69 Å². The van der Waals surface area contributed by atoms with Crippen molar-refractivity contribution < 1.29 is 14.3 Å². The molecule has 0 aliphatic rings. The number of nitrogens with zero attached hydrogens (tertiary/aromatic N) is 1. The number of rotatable bonds is 6. The van der Waals surface area contributed by atoms with Crippen LogP contribution in [0.1, 0.15) is 35.6 Å². The van der Waals surface area contributed by atoms with Crippen LogP contribution in [0.25, 0.3) is 0 Å². The van der Waals surface area contributed by atoms with Gasteiger partial charge in [0.15, 0.2) is 11.5 Å². The molecule has 0 unspecified atom stereocenters. The number of hydrogen-bond donors (Lipinski definition) is 0. The molecular weight excluding hydrogens is 266 g/mol. The summed E-state index contributed by atoms with van der Waals surface area (Å²) in [6.45, 7) is 6.73. The second kappa shape index (κ2) is 6.88. The summed E-state index contributed by atoms with van der Waals surface area (Å²) in [7, 11) is 0. The molecule has 0 atom stereocenters. The number of aryl methyl sites for hydroxylation is 1. The van der Waals surface area contributed by atoms with Gasteiger partial charge in [-0.15, -0.1) is 0 Å². The van der Waals surface area contributed by atoms with E-state index in [-0.39, 0.29) is 5.78 Å². The standard InChI is InChI=1S/C17H19NO3/c1-4-20-15-10-9-13(11-16(15)21-5-2)17(19)14-8-6-7-12(3)18-14/h6-11H,4-5H2,1-3H3. The van der Waals surface area contributed by atoms with E-state index in [4.69, 9.17) is 9.47 Å². The van der Waals surface area contributed by atoms with Gasteiger partial charge in [0.2, 0.25) is 5.78 Å². The van der Waals surface area contributed by atoms with E-state index < -0.39 is 0 Å². The van der Waals surface area contributed by atoms with Crippen molar-refractivity contribution >= 4 is 5.78 Å². The summed E-state index contributed by atoms with van der Waals surface area (Å²) in [5, 5.41) is 0. The second-order valence-corrected chi connectivity index (χ2v) is 4.52. The molecule has 4 nitrogen and oxygen atoms in total. The summed E-state index contributed by atoms with van der Waals surface area (Å²) < 4.78 is 11.0. The Bertz CT molecular complexity index is 638. The molecule has 1 heterocycles. The van der Waals surface area contributed by atoms with E-state index in [1.165, 1.54) is 0 Å². The minimum Gasteiger partial charge on any atom is -0.490 e. The van der Waals surface area contributed by atoms with Crippen molar-refractivity contribution in [3.05, 3.63) is 53.3 Å². The summed E-state index contributed by atoms with van der Waals surface area (Å²) in [6.07, 6.45) is 0. The molecule has 2 rings (SSSR count). The number of carbonyl (C=O) groups excluding carboxylic acids is 1. The van der Waals surface area contributed by atoms with Gasteiger partial charge >= 0.3 is 0 Å². The van der Waals surface area contributed by atoms with E-state index >= 15 is 0 Å². The highest BCUT2D eigenvalue weighted by Crippen LogP contribution is 2.29. The third kappa shape index (κ3) is 3.60. The molecule has 0 fully saturated rings. The zero-order chi connectivity index (χ0) is 15.2. The van der Waals surface area contributed by atoms with Crippen molar-refractivity contribution in [2.75, 3.05) is 13.2 Å². The van der Waals surface area contributed by atoms with Gasteiger partial charge in [-0.2, -0.15) is 0 Å². The minimum atomic E-state index is -0.122. The van der Waals surface area contributed by atoms with Gasteiger partial charge in [-0.1, -0.05) is 6.07 Å². The van der Waals surface area contributed by atoms with E-state index in [1.54, 1.807) is 24.3 Å². The Kier molecular flexibility index (Phi) is 4.93. The molecule has 0 saturated carbocycles. The van der Waals surface area contributed by atoms with Crippen LogP contribution in [0.4, 0.5) is 0 Å². The maximum atomic E-state index is 12.5. The monoisotopic (exact) mass is 285 g/mol. The van der Waals surface area contributed by atoms with Gasteiger partial charge in [0, 0.05) is 11.3 Å². The average Bonchev–Trinajstić information content (AvgIpc) is 2.49. The first-order valence-corrected chi connectivity index (χ1v) is 7.03. The fourth-order valence-electron chi connectivity index (χ4n) is 2.01. The van der Waals surface area contributed by atoms with Crippen LogP contribution < -0.4 is 9.47 Å². The number of ether oxygens (including phenoxy) is 2. The highest BCUT2D eigenvalue weighted by atomic mass is 16.5. The molecule has 0 N–H and O–H groups in total. The summed E-state index contributed by atoms with van der Waals surface area (Å²) >= 11 is 0. The molecule has 0 radical (unpaired) electrons. The minimum absolute atomic E-state index is 0.122. The van der Waals surface area contributed by atoms with Crippen LogP contribution in [0.2, 0.25) is 0 Å². The molecule has 0 bridgehead atoms. The Morgan fingerprint density at radius 1 is 1.05 bits per heavy atom. The smallest absolute Gasteiger partial charge is 0.211 e. The lowest BCUT2D eigenvalue weighted by atomic mass is 10.1. The van der Waals surface area contributed by atoms with Crippen LogP contribution in [0, 0.1) is 6.92 Å². The van der Waals surface area contributed by atoms with Gasteiger partial charge in [-0.25, -0.2) is 4.98 Å². The van der Waals surface area contributed by atoms with E-state index in [1.807, 2.05) is 32.9 Å². The van der Waals surface area contributed by atoms with Crippen molar-refractivity contribution in [2.24, 2.45) is 0 Å². The Balaban J connectivity index is 2.35. The lowest BCUT2D eigenvalue weighted by Crippen LogP contribution is -2.06. The number of ketones is 1. The van der Waals surface area contributed by atoms with Gasteiger partial charge < -0.3 is 9.47 Å². The Labute approximate surface area is 124 Å². The summed E-state index contributed by atoms with van der Waals surface area (Å²) in [5.74, 6) is 1.11. The molecular formula is C17H19NO3. The summed E-state index contributed by atoms with van der Waals surface area (Å²) in [4.78, 5) is 16.7. The van der Waals surface area contributed by atoms with E-state index in [2.05, 4.69) is 4.98 Å². The highest BCUT2D eigenvalue weighted by molar-refractivity contribution is 6.08. The predicted molar refractivity (Wildman–Crippen MR) is 81.2 cm³/mol. The zero-order valence-electron chi connectivity index (χ0n) is 12.6. The number of aromatic nitrogens is 1. The van der Waals surface area contributed by atoms with Crippen LogP contribution in [-0.2, 0) is 0 Å². The van der Waals surface area contributed by atoms with E-state index in [0.717, 1.165) is 5.69 Å². The molecule has 0 amide bonds. The molecule has 1 aromatic carbocycles. The molecule has 2 aromatic rings. The Morgan fingerprint density at radius 2 is 1.76 bits per heavy atom. The van der Waals surface area contributed by atoms with Gasteiger partial charge in [0.25, 0.3) is 0 Å². The Hall–Kier alpha value is -2.36. The number of hydrogen-bond acceptors (Lipinski definition) is 4. The largest absolute Gasteiger partial charge is 0.490 e. The number of pyridine rings is 1. The molecule has 110 valence electrons. The average molecular weight is 285 g/mol. The van der Waals surface area contributed by atoms with Crippen LogP contribution in [0.5, 0.6) is 11.5 Å². The highest BCUT2D eigenvalue weighted by Gasteiger charge is 2.14. The number of benzene rings is 1. The number of carbonyl (C=O) groups is 1. The fourth-order valence-corrected chi connectivity index (χ4v) is 2.01. The van der Waals surface area contributed by atoms with Crippen molar-refractivity contribution in [1.82, 2.24) is 4.98 Å². The van der Waals surface area contributed by atoms with Crippen molar-refractivity contribution in [1.29, 1.82) is 0 Å². The molecule has 0 aliphatic carbocycles. The van der Waals surface area contributed by atoms with Crippen molar-refractivity contribution in [3.63, 3.8) is 0 Å². The fraction of sp³-hybridized carbons (Fsp3) is 0.294. The molecule has 0 saturated heterocycles. The van der Waals surface area contributed by atoms with Gasteiger partial charge in [0.05, 0.1) is 13.2 Å². The molecule has 1 aromatic heterocycles. The maximum Gasteiger partial charge on any atom is 0.211 e. The zero-order valence-corrected chi connectivity index (χ0v) is 12.6. The first-order valence-electron chi connectivity index (χ1n) is 7.03. The van der Waals surface area contributed by atoms with Crippen LogP contribution in [0.3, 0.4) is 0 Å². The third-order valence-electron chi connectivity index (χ3n) is 2.93. The SMILES string of the molecule is CCOc1ccc(C(=O)c2cccc(C)n2)cc1OCC. The lowest BCUT2D eigenvalue weighted by Gasteiger charge is -2.12. The Morgan fingerprint density at radius 3 is 2.43 bits per heavy atom. The van der Waals surface area contributed by atoms with Crippen molar-refractivity contribution in [2.45, 2.75) is 20.8 Å². The predicted octanol–water partition coefficient (Wildman–Crippen LogP) is 3.42. The first-order chi connectivity index (χ1) is 10.2. The quantitative estimate of drug-likeness (QED) is 0.763. The van der Waals surface area contributed by atoms with E-state index in [0.29, 0.717) is 36.0 Å². The molecule has 21 heavy (non-hydrogen) atoms. The summed E-state index contributed by atoms with van der Waals surface area (Å²) in [6, 6.07) is 10.6. The lowest BCUT2D eigenvalue weighted by molar-refractivity contribution is 0.103. The van der Waals surface area contributed by atoms with Crippen LogP contribution in [0.15, 0.2) is 36.4 Å². The molecule has 0 spiro atoms. The van der Waals surface area contributed by atoms with E-state index in [9.17, 15) is 4.79 Å². The maximum absolute atomic E-state index is 12.5. The second-order valence-electron chi connectivity index (χ2n) is 4.52.